The molecule has 1 aromatic carbocycles. The lowest BCUT2D eigenvalue weighted by molar-refractivity contribution is 0.0317. The molecule has 0 radical (unpaired) electrons. The third-order valence-electron chi connectivity index (χ3n) is 4.30. The Morgan fingerprint density at radius 1 is 1.32 bits per heavy atom. The maximum absolute atomic E-state index is 13.3. The van der Waals surface area contributed by atoms with Crippen molar-refractivity contribution in [1.29, 1.82) is 0 Å². The molecule has 0 spiro atoms. The van der Waals surface area contributed by atoms with Crippen LogP contribution in [0.15, 0.2) is 42.6 Å². The first-order valence-electron chi connectivity index (χ1n) is 7.33. The molecule has 114 valence electrons. The number of benzene rings is 1. The van der Waals surface area contributed by atoms with E-state index in [0.29, 0.717) is 18.7 Å². The van der Waals surface area contributed by atoms with E-state index in [0.717, 1.165) is 11.1 Å². The van der Waals surface area contributed by atoms with E-state index in [2.05, 4.69) is 10.3 Å². The van der Waals surface area contributed by atoms with Gasteiger partial charge in [0.25, 0.3) is 5.91 Å². The Hall–Kier alpha value is -2.27. The molecule has 0 fully saturated rings. The summed E-state index contributed by atoms with van der Waals surface area (Å²) in [6.07, 6.45) is 2.23. The van der Waals surface area contributed by atoms with Crippen LogP contribution in [0.25, 0.3) is 0 Å². The average Bonchev–Trinajstić information content (AvgIpc) is 2.55. The Labute approximate surface area is 129 Å². The average molecular weight is 299 g/mol. The lowest BCUT2D eigenvalue weighted by atomic mass is 9.85. The molecule has 22 heavy (non-hydrogen) atoms. The first kappa shape index (κ1) is 14.7. The van der Waals surface area contributed by atoms with Crippen molar-refractivity contribution in [2.24, 2.45) is 0 Å². The molecule has 0 bridgehead atoms. The van der Waals surface area contributed by atoms with Gasteiger partial charge in [-0.2, -0.15) is 0 Å². The smallest absolute Gasteiger partial charge is 0.274 e. The minimum Gasteiger partial charge on any atom is -0.315 e. The highest BCUT2D eigenvalue weighted by Gasteiger charge is 2.45. The van der Waals surface area contributed by atoms with Crippen LogP contribution in [0.4, 0.5) is 4.39 Å². The Morgan fingerprint density at radius 2 is 2.05 bits per heavy atom. The Morgan fingerprint density at radius 3 is 2.68 bits per heavy atom. The second kappa shape index (κ2) is 5.50. The highest BCUT2D eigenvalue weighted by molar-refractivity contribution is 5.95. The van der Waals surface area contributed by atoms with E-state index in [1.165, 1.54) is 12.1 Å². The molecule has 3 rings (SSSR count). The summed E-state index contributed by atoms with van der Waals surface area (Å²) in [4.78, 5) is 18.8. The van der Waals surface area contributed by atoms with Crippen LogP contribution in [-0.2, 0) is 12.1 Å². The molecule has 1 aliphatic rings. The molecule has 1 aromatic heterocycles. The minimum absolute atomic E-state index is 0.108. The van der Waals surface area contributed by atoms with Crippen LogP contribution in [0, 0.1) is 5.82 Å². The van der Waals surface area contributed by atoms with Gasteiger partial charge < -0.3 is 4.90 Å². The van der Waals surface area contributed by atoms with E-state index in [9.17, 15) is 9.18 Å². The quantitative estimate of drug-likeness (QED) is 0.946. The van der Waals surface area contributed by atoms with Crippen molar-refractivity contribution in [3.63, 3.8) is 0 Å². The van der Waals surface area contributed by atoms with E-state index < -0.39 is 5.66 Å². The van der Waals surface area contributed by atoms with E-state index >= 15 is 0 Å². The van der Waals surface area contributed by atoms with Gasteiger partial charge in [0.15, 0.2) is 0 Å². The first-order valence-corrected chi connectivity index (χ1v) is 7.33. The van der Waals surface area contributed by atoms with Crippen LogP contribution in [0.1, 0.15) is 28.5 Å². The summed E-state index contributed by atoms with van der Waals surface area (Å²) in [5.41, 5.74) is 1.57. The largest absolute Gasteiger partial charge is 0.315 e. The molecule has 2 aromatic rings. The van der Waals surface area contributed by atoms with Crippen LogP contribution in [0.3, 0.4) is 0 Å². The predicted octanol–water partition coefficient (Wildman–Crippen LogP) is 2.31. The fourth-order valence-electron chi connectivity index (χ4n) is 3.21. The van der Waals surface area contributed by atoms with Gasteiger partial charge in [0.2, 0.25) is 0 Å². The summed E-state index contributed by atoms with van der Waals surface area (Å²) in [6, 6.07) is 10.0. The number of aromatic nitrogens is 1. The van der Waals surface area contributed by atoms with Crippen molar-refractivity contribution >= 4 is 5.91 Å². The second-order valence-electron chi connectivity index (χ2n) is 5.35. The van der Waals surface area contributed by atoms with Gasteiger partial charge in [-0.1, -0.05) is 18.2 Å². The Bertz CT molecular complexity index is 701. The molecule has 1 amide bonds. The summed E-state index contributed by atoms with van der Waals surface area (Å²) in [5, 5.41) is 3.28. The van der Waals surface area contributed by atoms with Crippen LogP contribution in [-0.4, -0.2) is 29.4 Å². The third kappa shape index (κ3) is 2.09. The zero-order valence-electron chi connectivity index (χ0n) is 12.6. The Balaban J connectivity index is 2.17. The number of carbonyl (C=O) groups is 1. The van der Waals surface area contributed by atoms with Crippen molar-refractivity contribution in [2.45, 2.75) is 19.0 Å². The van der Waals surface area contributed by atoms with Crippen molar-refractivity contribution in [3.8, 4) is 0 Å². The molecule has 5 heteroatoms. The van der Waals surface area contributed by atoms with Crippen LogP contribution in [0.2, 0.25) is 0 Å². The van der Waals surface area contributed by atoms with Crippen molar-refractivity contribution in [1.82, 2.24) is 15.2 Å². The van der Waals surface area contributed by atoms with Gasteiger partial charge >= 0.3 is 0 Å². The molecule has 2 heterocycles. The lowest BCUT2D eigenvalue weighted by Crippen LogP contribution is -2.61. The maximum Gasteiger partial charge on any atom is 0.274 e. The van der Waals surface area contributed by atoms with Crippen molar-refractivity contribution in [3.05, 3.63) is 65.2 Å². The van der Waals surface area contributed by atoms with Gasteiger partial charge in [-0.05, 0) is 43.3 Å². The number of fused-ring (bicyclic) bond motifs is 1. The number of halogens is 1. The number of nitrogens with one attached hydrogen (secondary N) is 1. The van der Waals surface area contributed by atoms with Gasteiger partial charge in [0.05, 0.1) is 0 Å². The number of rotatable bonds is 3. The molecule has 1 atom stereocenters. The van der Waals surface area contributed by atoms with Gasteiger partial charge in [-0.15, -0.1) is 0 Å². The van der Waals surface area contributed by atoms with E-state index in [-0.39, 0.29) is 11.7 Å². The SMILES string of the molecule is CCN1C(=O)c2ncccc2CC1(NC)c1ccc(F)cc1. The molecular formula is C17H18FN3O. The summed E-state index contributed by atoms with van der Waals surface area (Å²) in [7, 11) is 1.82. The second-order valence-corrected chi connectivity index (χ2v) is 5.35. The maximum atomic E-state index is 13.3. The molecule has 4 nitrogen and oxygen atoms in total. The number of carbonyl (C=O) groups excluding carboxylic acids is 1. The minimum atomic E-state index is -0.685. The summed E-state index contributed by atoms with van der Waals surface area (Å²) < 4.78 is 13.3. The molecule has 0 saturated heterocycles. The normalized spacial score (nSPS) is 20.9. The van der Waals surface area contributed by atoms with Crippen LogP contribution < -0.4 is 5.32 Å². The molecule has 0 saturated carbocycles. The number of nitrogens with zero attached hydrogens (tertiary/aromatic N) is 2. The number of pyridine rings is 1. The van der Waals surface area contributed by atoms with Gasteiger partial charge in [0.1, 0.15) is 17.2 Å². The summed E-state index contributed by atoms with van der Waals surface area (Å²) in [6.45, 7) is 2.47. The van der Waals surface area contributed by atoms with Crippen LogP contribution >= 0.6 is 0 Å². The fourth-order valence-corrected chi connectivity index (χ4v) is 3.21. The number of likely N-dealkylation sites (N-methyl/N-ethyl adjacent to an activating group) is 2. The number of amides is 1. The standard InChI is InChI=1S/C17H18FN3O/c1-3-21-16(22)15-12(5-4-10-20-15)11-17(21,19-2)13-6-8-14(18)9-7-13/h4-10,19H,3,11H2,1-2H3. The summed E-state index contributed by atoms with van der Waals surface area (Å²) in [5.74, 6) is -0.398. The first-order chi connectivity index (χ1) is 10.6. The number of hydrogen-bond donors (Lipinski definition) is 1. The topological polar surface area (TPSA) is 45.2 Å². The fraction of sp³-hybridized carbons (Fsp3) is 0.294. The van der Waals surface area contributed by atoms with Crippen molar-refractivity contribution < 1.29 is 9.18 Å². The summed E-state index contributed by atoms with van der Waals surface area (Å²) >= 11 is 0. The van der Waals surface area contributed by atoms with E-state index in [1.54, 1.807) is 23.2 Å². The van der Waals surface area contributed by atoms with E-state index in [1.807, 2.05) is 26.1 Å². The number of hydrogen-bond acceptors (Lipinski definition) is 3. The zero-order chi connectivity index (χ0) is 15.7. The third-order valence-corrected chi connectivity index (χ3v) is 4.30. The highest BCUT2D eigenvalue weighted by atomic mass is 19.1. The highest BCUT2D eigenvalue weighted by Crippen LogP contribution is 2.35. The molecule has 0 aliphatic carbocycles. The van der Waals surface area contributed by atoms with E-state index in [4.69, 9.17) is 0 Å². The zero-order valence-corrected chi connectivity index (χ0v) is 12.6. The van der Waals surface area contributed by atoms with Gasteiger partial charge in [0, 0.05) is 19.2 Å². The molecule has 1 aliphatic heterocycles. The monoisotopic (exact) mass is 299 g/mol. The van der Waals surface area contributed by atoms with Gasteiger partial charge in [-0.3, -0.25) is 15.1 Å². The van der Waals surface area contributed by atoms with Gasteiger partial charge in [-0.25, -0.2) is 4.39 Å². The molecule has 1 unspecified atom stereocenters. The van der Waals surface area contributed by atoms with Crippen LogP contribution in [0.5, 0.6) is 0 Å². The molecule has 1 N–H and O–H groups in total. The molecular weight excluding hydrogens is 281 g/mol. The predicted molar refractivity (Wildman–Crippen MR) is 81.8 cm³/mol. The lowest BCUT2D eigenvalue weighted by Gasteiger charge is -2.47. The van der Waals surface area contributed by atoms with Crippen molar-refractivity contribution in [2.75, 3.05) is 13.6 Å². The Kier molecular flexibility index (Phi) is 3.66.